The second-order valence-corrected chi connectivity index (χ2v) is 3.60. The van der Waals surface area contributed by atoms with Crippen LogP contribution in [-0.4, -0.2) is 12.2 Å². The molecule has 0 spiro atoms. The zero-order valence-corrected chi connectivity index (χ0v) is 8.44. The van der Waals surface area contributed by atoms with E-state index in [1.807, 2.05) is 0 Å². The third kappa shape index (κ3) is 2.59. The van der Waals surface area contributed by atoms with E-state index < -0.39 is 12.2 Å². The number of Topliss-reactive ketones (excluding diaryl/α,β-unsaturated/α-hetero) is 1. The number of halogens is 3. The minimum atomic E-state index is -2.94. The molecule has 0 aliphatic carbocycles. The molecule has 0 aromatic heterocycles. The summed E-state index contributed by atoms with van der Waals surface area (Å²) in [5, 5.41) is 0. The summed E-state index contributed by atoms with van der Waals surface area (Å²) < 4.78 is 24.7. The summed E-state index contributed by atoms with van der Waals surface area (Å²) in [4.78, 5) is 10.9. The molecular weight excluding hydrogens is 242 g/mol. The molecule has 1 aromatic carbocycles. The lowest BCUT2D eigenvalue weighted by Crippen LogP contribution is -2.10. The lowest BCUT2D eigenvalue weighted by atomic mass is 10.1. The third-order valence-corrected chi connectivity index (χ3v) is 1.98. The van der Waals surface area contributed by atoms with E-state index in [1.54, 1.807) is 13.0 Å². The van der Waals surface area contributed by atoms with Crippen LogP contribution in [0.3, 0.4) is 0 Å². The van der Waals surface area contributed by atoms with Crippen molar-refractivity contribution in [2.24, 2.45) is 0 Å². The first kappa shape index (κ1) is 10.3. The van der Waals surface area contributed by atoms with Gasteiger partial charge in [-0.1, -0.05) is 15.9 Å². The maximum Gasteiger partial charge on any atom is 0.300 e. The van der Waals surface area contributed by atoms with Crippen LogP contribution in [0.1, 0.15) is 15.9 Å². The van der Waals surface area contributed by atoms with Crippen molar-refractivity contribution in [3.05, 3.63) is 33.8 Å². The van der Waals surface area contributed by atoms with Crippen LogP contribution in [-0.2, 0) is 0 Å². The minimum Gasteiger partial charge on any atom is -0.288 e. The van der Waals surface area contributed by atoms with Crippen LogP contribution in [0.5, 0.6) is 0 Å². The standard InChI is InChI=1S/C9H7BrF2O/c1-5-2-6(4-7(10)3-5)8(13)9(11)12/h2-4,9H,1H3. The number of hydrogen-bond acceptors (Lipinski definition) is 1. The van der Waals surface area contributed by atoms with Gasteiger partial charge < -0.3 is 0 Å². The molecule has 1 aromatic rings. The highest BCUT2D eigenvalue weighted by atomic mass is 79.9. The maximum atomic E-state index is 12.0. The average Bonchev–Trinajstić information content (AvgIpc) is 2.01. The van der Waals surface area contributed by atoms with Crippen LogP contribution in [0.2, 0.25) is 0 Å². The van der Waals surface area contributed by atoms with Gasteiger partial charge in [-0.15, -0.1) is 0 Å². The SMILES string of the molecule is Cc1cc(Br)cc(C(=O)C(F)F)c1. The van der Waals surface area contributed by atoms with Crippen LogP contribution in [0.15, 0.2) is 22.7 Å². The number of hydrogen-bond donors (Lipinski definition) is 0. The van der Waals surface area contributed by atoms with E-state index in [9.17, 15) is 13.6 Å². The molecule has 70 valence electrons. The van der Waals surface area contributed by atoms with E-state index in [1.165, 1.54) is 12.1 Å². The van der Waals surface area contributed by atoms with Gasteiger partial charge in [-0.3, -0.25) is 4.79 Å². The number of carbonyl (C=O) groups is 1. The van der Waals surface area contributed by atoms with Crippen molar-refractivity contribution in [3.63, 3.8) is 0 Å². The number of benzene rings is 1. The number of carbonyl (C=O) groups excluding carboxylic acids is 1. The Morgan fingerprint density at radius 3 is 2.46 bits per heavy atom. The zero-order valence-electron chi connectivity index (χ0n) is 6.85. The van der Waals surface area contributed by atoms with Gasteiger partial charge in [0.1, 0.15) is 0 Å². The molecule has 0 aliphatic rings. The molecule has 13 heavy (non-hydrogen) atoms. The van der Waals surface area contributed by atoms with Gasteiger partial charge in [-0.05, 0) is 30.7 Å². The Morgan fingerprint density at radius 2 is 2.00 bits per heavy atom. The van der Waals surface area contributed by atoms with Crippen molar-refractivity contribution in [2.75, 3.05) is 0 Å². The van der Waals surface area contributed by atoms with Crippen LogP contribution in [0, 0.1) is 6.92 Å². The summed E-state index contributed by atoms with van der Waals surface area (Å²) >= 11 is 3.13. The fourth-order valence-corrected chi connectivity index (χ4v) is 1.61. The predicted molar refractivity (Wildman–Crippen MR) is 49.2 cm³/mol. The van der Waals surface area contributed by atoms with E-state index in [2.05, 4.69) is 15.9 Å². The number of alkyl halides is 2. The molecular formula is C9H7BrF2O. The molecule has 0 bridgehead atoms. The van der Waals surface area contributed by atoms with Crippen molar-refractivity contribution in [1.29, 1.82) is 0 Å². The van der Waals surface area contributed by atoms with Crippen molar-refractivity contribution in [3.8, 4) is 0 Å². The first-order valence-electron chi connectivity index (χ1n) is 3.60. The van der Waals surface area contributed by atoms with Gasteiger partial charge in [0.05, 0.1) is 0 Å². The number of aryl methyl sites for hydroxylation is 1. The Hall–Kier alpha value is -0.770. The Kier molecular flexibility index (Phi) is 3.14. The maximum absolute atomic E-state index is 12.0. The Bertz CT molecular complexity index is 316. The van der Waals surface area contributed by atoms with Crippen molar-refractivity contribution < 1.29 is 13.6 Å². The van der Waals surface area contributed by atoms with Crippen LogP contribution in [0.25, 0.3) is 0 Å². The molecule has 1 rings (SSSR count). The van der Waals surface area contributed by atoms with Gasteiger partial charge in [0.2, 0.25) is 5.78 Å². The van der Waals surface area contributed by atoms with Crippen LogP contribution >= 0.6 is 15.9 Å². The summed E-state index contributed by atoms with van der Waals surface area (Å²) in [7, 11) is 0. The van der Waals surface area contributed by atoms with Gasteiger partial charge in [0, 0.05) is 10.0 Å². The molecule has 0 amide bonds. The van der Waals surface area contributed by atoms with E-state index in [0.717, 1.165) is 5.56 Å². The molecule has 4 heteroatoms. The fourth-order valence-electron chi connectivity index (χ4n) is 1.00. The van der Waals surface area contributed by atoms with Crippen LogP contribution < -0.4 is 0 Å². The quantitative estimate of drug-likeness (QED) is 0.735. The summed E-state index contributed by atoms with van der Waals surface area (Å²) in [5.74, 6) is -1.13. The molecule has 1 nitrogen and oxygen atoms in total. The molecule has 0 fully saturated rings. The Morgan fingerprint density at radius 1 is 1.38 bits per heavy atom. The summed E-state index contributed by atoms with van der Waals surface area (Å²) in [6.07, 6.45) is -2.94. The normalized spacial score (nSPS) is 10.5. The lowest BCUT2D eigenvalue weighted by molar-refractivity contribution is 0.0678. The monoisotopic (exact) mass is 248 g/mol. The highest BCUT2D eigenvalue weighted by Crippen LogP contribution is 2.17. The van der Waals surface area contributed by atoms with Gasteiger partial charge >= 0.3 is 6.43 Å². The van der Waals surface area contributed by atoms with Crippen molar-refractivity contribution in [1.82, 2.24) is 0 Å². The smallest absolute Gasteiger partial charge is 0.288 e. The molecule has 0 saturated carbocycles. The zero-order chi connectivity index (χ0) is 10.0. The Balaban J connectivity index is 3.08. The van der Waals surface area contributed by atoms with Crippen molar-refractivity contribution in [2.45, 2.75) is 13.3 Å². The summed E-state index contributed by atoms with van der Waals surface area (Å²) in [6, 6.07) is 4.59. The van der Waals surface area contributed by atoms with Gasteiger partial charge in [-0.25, -0.2) is 8.78 Å². The second kappa shape index (κ2) is 3.96. The van der Waals surface area contributed by atoms with Crippen LogP contribution in [0.4, 0.5) is 8.78 Å². The first-order valence-corrected chi connectivity index (χ1v) is 4.39. The van der Waals surface area contributed by atoms with E-state index in [0.29, 0.717) is 4.47 Å². The number of ketones is 1. The highest BCUT2D eigenvalue weighted by Gasteiger charge is 2.17. The lowest BCUT2D eigenvalue weighted by Gasteiger charge is -2.01. The minimum absolute atomic E-state index is 0.0434. The van der Waals surface area contributed by atoms with Crippen molar-refractivity contribution >= 4 is 21.7 Å². The molecule has 0 radical (unpaired) electrons. The molecule has 0 heterocycles. The predicted octanol–water partition coefficient (Wildman–Crippen LogP) is 3.21. The van der Waals surface area contributed by atoms with E-state index >= 15 is 0 Å². The molecule has 0 N–H and O–H groups in total. The first-order chi connectivity index (χ1) is 6.00. The Labute approximate surface area is 82.9 Å². The molecule has 0 aliphatic heterocycles. The number of rotatable bonds is 2. The average molecular weight is 249 g/mol. The molecule has 0 atom stereocenters. The van der Waals surface area contributed by atoms with Gasteiger partial charge in [0.25, 0.3) is 0 Å². The highest BCUT2D eigenvalue weighted by molar-refractivity contribution is 9.10. The van der Waals surface area contributed by atoms with Gasteiger partial charge in [-0.2, -0.15) is 0 Å². The summed E-state index contributed by atoms with van der Waals surface area (Å²) in [5.41, 5.74) is 0.820. The molecule has 0 saturated heterocycles. The topological polar surface area (TPSA) is 17.1 Å². The van der Waals surface area contributed by atoms with E-state index in [4.69, 9.17) is 0 Å². The van der Waals surface area contributed by atoms with E-state index in [-0.39, 0.29) is 5.56 Å². The van der Waals surface area contributed by atoms with Gasteiger partial charge in [0.15, 0.2) is 0 Å². The second-order valence-electron chi connectivity index (χ2n) is 2.68. The largest absolute Gasteiger partial charge is 0.300 e. The molecule has 0 unspecified atom stereocenters. The fraction of sp³-hybridized carbons (Fsp3) is 0.222. The summed E-state index contributed by atoms with van der Waals surface area (Å²) in [6.45, 7) is 1.74. The third-order valence-electron chi connectivity index (χ3n) is 1.52.